The van der Waals surface area contributed by atoms with Gasteiger partial charge in [-0.15, -0.1) is 0 Å². The van der Waals surface area contributed by atoms with Gasteiger partial charge < -0.3 is 5.32 Å². The monoisotopic (exact) mass is 256 g/mol. The van der Waals surface area contributed by atoms with E-state index in [1.165, 1.54) is 0 Å². The summed E-state index contributed by atoms with van der Waals surface area (Å²) in [5.41, 5.74) is 4.18. The molecule has 2 rings (SSSR count). The molecular formula is C15H20N4. The van der Waals surface area contributed by atoms with Gasteiger partial charge in [0, 0.05) is 36.5 Å². The summed E-state index contributed by atoms with van der Waals surface area (Å²) in [6.45, 7) is 8.27. The molecule has 0 aliphatic heterocycles. The van der Waals surface area contributed by atoms with Crippen molar-refractivity contribution < 1.29 is 0 Å². The summed E-state index contributed by atoms with van der Waals surface area (Å²) in [6.07, 6.45) is 3.70. The highest BCUT2D eigenvalue weighted by atomic mass is 15.0. The molecular weight excluding hydrogens is 236 g/mol. The zero-order valence-electron chi connectivity index (χ0n) is 12.2. The Morgan fingerprint density at radius 1 is 1.11 bits per heavy atom. The Hall–Kier alpha value is -1.97. The van der Waals surface area contributed by atoms with E-state index in [4.69, 9.17) is 4.98 Å². The van der Waals surface area contributed by atoms with Gasteiger partial charge in [0.15, 0.2) is 0 Å². The zero-order valence-corrected chi connectivity index (χ0v) is 12.2. The lowest BCUT2D eigenvalue weighted by Gasteiger charge is -2.14. The summed E-state index contributed by atoms with van der Waals surface area (Å²) in [4.78, 5) is 13.5. The molecule has 0 bridgehead atoms. The van der Waals surface area contributed by atoms with Gasteiger partial charge in [0.2, 0.25) is 0 Å². The predicted molar refractivity (Wildman–Crippen MR) is 78.4 cm³/mol. The number of pyridine rings is 1. The van der Waals surface area contributed by atoms with E-state index < -0.39 is 0 Å². The molecule has 0 aliphatic carbocycles. The minimum absolute atomic E-state index is 0.296. The van der Waals surface area contributed by atoms with E-state index in [-0.39, 0.29) is 0 Å². The van der Waals surface area contributed by atoms with Crippen molar-refractivity contribution in [3.8, 4) is 11.3 Å². The minimum atomic E-state index is 0.296. The maximum atomic E-state index is 4.70. The van der Waals surface area contributed by atoms with Gasteiger partial charge in [-0.3, -0.25) is 4.98 Å². The highest BCUT2D eigenvalue weighted by molar-refractivity contribution is 5.67. The number of hydrogen-bond acceptors (Lipinski definition) is 4. The van der Waals surface area contributed by atoms with Crippen molar-refractivity contribution >= 4 is 5.82 Å². The first-order valence-corrected chi connectivity index (χ1v) is 6.51. The fourth-order valence-corrected chi connectivity index (χ4v) is 2.00. The van der Waals surface area contributed by atoms with Gasteiger partial charge in [0.05, 0.1) is 5.69 Å². The van der Waals surface area contributed by atoms with Crippen LogP contribution in [-0.4, -0.2) is 22.0 Å². The summed E-state index contributed by atoms with van der Waals surface area (Å²) in [7, 11) is 1.89. The molecule has 0 amide bonds. The Morgan fingerprint density at radius 2 is 1.84 bits per heavy atom. The van der Waals surface area contributed by atoms with E-state index in [0.29, 0.717) is 5.92 Å². The number of aromatic nitrogens is 3. The molecule has 0 saturated heterocycles. The first-order valence-electron chi connectivity index (χ1n) is 6.51. The lowest BCUT2D eigenvalue weighted by atomic mass is 10.1. The lowest BCUT2D eigenvalue weighted by Crippen LogP contribution is -2.06. The first kappa shape index (κ1) is 13.5. The van der Waals surface area contributed by atoms with Gasteiger partial charge in [0.25, 0.3) is 0 Å². The van der Waals surface area contributed by atoms with E-state index in [1.54, 1.807) is 0 Å². The molecule has 0 radical (unpaired) electrons. The van der Waals surface area contributed by atoms with Gasteiger partial charge in [-0.2, -0.15) is 0 Å². The first-order chi connectivity index (χ1) is 9.02. The van der Waals surface area contributed by atoms with E-state index in [9.17, 15) is 0 Å². The molecule has 19 heavy (non-hydrogen) atoms. The molecule has 1 N–H and O–H groups in total. The summed E-state index contributed by atoms with van der Waals surface area (Å²) in [6, 6.07) is 2.10. The average Bonchev–Trinajstić information content (AvgIpc) is 2.38. The fourth-order valence-electron chi connectivity index (χ4n) is 2.00. The van der Waals surface area contributed by atoms with Gasteiger partial charge in [-0.25, -0.2) is 9.97 Å². The summed E-state index contributed by atoms with van der Waals surface area (Å²) >= 11 is 0. The lowest BCUT2D eigenvalue weighted by molar-refractivity contribution is 0.775. The number of aryl methyl sites for hydroxylation is 1. The molecule has 0 atom stereocenters. The van der Waals surface area contributed by atoms with Crippen LogP contribution in [0, 0.1) is 13.8 Å². The van der Waals surface area contributed by atoms with Crippen LogP contribution in [-0.2, 0) is 0 Å². The molecule has 4 heteroatoms. The van der Waals surface area contributed by atoms with Crippen LogP contribution in [0.15, 0.2) is 18.5 Å². The van der Waals surface area contributed by atoms with Crippen LogP contribution in [0.3, 0.4) is 0 Å². The van der Waals surface area contributed by atoms with Crippen LogP contribution in [0.25, 0.3) is 11.3 Å². The normalized spacial score (nSPS) is 10.8. The Bertz CT molecular complexity index is 591. The van der Waals surface area contributed by atoms with Crippen LogP contribution in [0.1, 0.15) is 36.7 Å². The maximum Gasteiger partial charge on any atom is 0.133 e. The van der Waals surface area contributed by atoms with E-state index in [2.05, 4.69) is 35.2 Å². The van der Waals surface area contributed by atoms with Crippen molar-refractivity contribution in [3.05, 3.63) is 35.4 Å². The van der Waals surface area contributed by atoms with Crippen LogP contribution in [0.2, 0.25) is 0 Å². The standard InChI is InChI=1S/C15H20N4/c1-9(2)14-18-13(11(4)15(16-5)19-14)12-6-10(3)7-17-8-12/h6-9H,1-5H3,(H,16,18,19). The predicted octanol–water partition coefficient (Wildman–Crippen LogP) is 3.32. The fraction of sp³-hybridized carbons (Fsp3) is 0.400. The van der Waals surface area contributed by atoms with Crippen molar-refractivity contribution in [1.82, 2.24) is 15.0 Å². The van der Waals surface area contributed by atoms with Crippen LogP contribution in [0.5, 0.6) is 0 Å². The van der Waals surface area contributed by atoms with Crippen molar-refractivity contribution in [2.24, 2.45) is 0 Å². The van der Waals surface area contributed by atoms with Gasteiger partial charge in [-0.1, -0.05) is 13.8 Å². The smallest absolute Gasteiger partial charge is 0.133 e. The van der Waals surface area contributed by atoms with Gasteiger partial charge >= 0.3 is 0 Å². The molecule has 0 unspecified atom stereocenters. The number of anilines is 1. The quantitative estimate of drug-likeness (QED) is 0.915. The number of nitrogens with zero attached hydrogens (tertiary/aromatic N) is 3. The third-order valence-corrected chi connectivity index (χ3v) is 3.06. The minimum Gasteiger partial charge on any atom is -0.373 e. The highest BCUT2D eigenvalue weighted by Gasteiger charge is 2.14. The van der Waals surface area contributed by atoms with Gasteiger partial charge in [0.1, 0.15) is 11.6 Å². The molecule has 0 aliphatic rings. The average molecular weight is 256 g/mol. The Morgan fingerprint density at radius 3 is 2.42 bits per heavy atom. The second kappa shape index (κ2) is 5.34. The molecule has 2 aromatic heterocycles. The molecule has 0 fully saturated rings. The summed E-state index contributed by atoms with van der Waals surface area (Å²) < 4.78 is 0. The zero-order chi connectivity index (χ0) is 14.0. The summed E-state index contributed by atoms with van der Waals surface area (Å²) in [5, 5.41) is 3.14. The number of rotatable bonds is 3. The Labute approximate surface area is 114 Å². The maximum absolute atomic E-state index is 4.70. The molecule has 0 aromatic carbocycles. The van der Waals surface area contributed by atoms with Crippen LogP contribution in [0.4, 0.5) is 5.82 Å². The van der Waals surface area contributed by atoms with Gasteiger partial charge in [-0.05, 0) is 25.5 Å². The summed E-state index contributed by atoms with van der Waals surface area (Å²) in [5.74, 6) is 2.03. The largest absolute Gasteiger partial charge is 0.373 e. The highest BCUT2D eigenvalue weighted by Crippen LogP contribution is 2.27. The molecule has 0 spiro atoms. The van der Waals surface area contributed by atoms with Crippen molar-refractivity contribution in [1.29, 1.82) is 0 Å². The van der Waals surface area contributed by atoms with E-state index >= 15 is 0 Å². The van der Waals surface area contributed by atoms with Crippen LogP contribution < -0.4 is 5.32 Å². The third kappa shape index (κ3) is 2.72. The van der Waals surface area contributed by atoms with Crippen molar-refractivity contribution in [3.63, 3.8) is 0 Å². The molecule has 4 nitrogen and oxygen atoms in total. The Kier molecular flexibility index (Phi) is 3.79. The van der Waals surface area contributed by atoms with Crippen molar-refractivity contribution in [2.75, 3.05) is 12.4 Å². The second-order valence-corrected chi connectivity index (χ2v) is 5.06. The topological polar surface area (TPSA) is 50.7 Å². The SMILES string of the molecule is CNc1nc(C(C)C)nc(-c2cncc(C)c2)c1C. The molecule has 100 valence electrons. The molecule has 2 aromatic rings. The second-order valence-electron chi connectivity index (χ2n) is 5.06. The number of hydrogen-bond donors (Lipinski definition) is 1. The molecule has 0 saturated carbocycles. The number of nitrogens with one attached hydrogen (secondary N) is 1. The van der Waals surface area contributed by atoms with Crippen molar-refractivity contribution in [2.45, 2.75) is 33.6 Å². The Balaban J connectivity index is 2.64. The third-order valence-electron chi connectivity index (χ3n) is 3.06. The van der Waals surface area contributed by atoms with E-state index in [0.717, 1.165) is 34.0 Å². The van der Waals surface area contributed by atoms with E-state index in [1.807, 2.05) is 33.3 Å². The van der Waals surface area contributed by atoms with Crippen LogP contribution >= 0.6 is 0 Å². The molecule has 2 heterocycles.